The van der Waals surface area contributed by atoms with Crippen molar-refractivity contribution in [2.24, 2.45) is 0 Å². The van der Waals surface area contributed by atoms with Gasteiger partial charge in [0.25, 0.3) is 0 Å². The third-order valence-electron chi connectivity index (χ3n) is 3.11. The summed E-state index contributed by atoms with van der Waals surface area (Å²) in [5.74, 6) is 0.700. The number of thioether (sulfide) groups is 1. The van der Waals surface area contributed by atoms with Crippen LogP contribution < -0.4 is 5.32 Å². The minimum atomic E-state index is -0.00761. The van der Waals surface area contributed by atoms with Crippen LogP contribution in [0.15, 0.2) is 68.2 Å². The van der Waals surface area contributed by atoms with Crippen LogP contribution in [-0.2, 0) is 4.79 Å². The second-order valence-electron chi connectivity index (χ2n) is 4.90. The van der Waals surface area contributed by atoms with E-state index >= 15 is 0 Å². The van der Waals surface area contributed by atoms with E-state index < -0.39 is 0 Å². The van der Waals surface area contributed by atoms with Crippen molar-refractivity contribution in [1.29, 1.82) is 0 Å². The number of carbonyl (C=O) groups excluding carboxylic acids is 1. The summed E-state index contributed by atoms with van der Waals surface area (Å²) in [5.41, 5.74) is 2.49. The monoisotopic (exact) mass is 407 g/mol. The third-order valence-corrected chi connectivity index (χ3v) is 6.23. The molecule has 0 bridgehead atoms. The second-order valence-corrected chi connectivity index (χ2v) is 8.63. The van der Waals surface area contributed by atoms with Crippen molar-refractivity contribution >= 4 is 58.1 Å². The minimum Gasteiger partial charge on any atom is -0.325 e. The highest BCUT2D eigenvalue weighted by molar-refractivity contribution is 8.01. The first-order chi connectivity index (χ1) is 12.2. The van der Waals surface area contributed by atoms with Gasteiger partial charge in [-0.05, 0) is 36.4 Å². The van der Waals surface area contributed by atoms with Gasteiger partial charge in [-0.2, -0.15) is 0 Å². The first-order valence-corrected chi connectivity index (χ1v) is 10.5. The van der Waals surface area contributed by atoms with E-state index in [4.69, 9.17) is 11.6 Å². The van der Waals surface area contributed by atoms with Crippen LogP contribution in [-0.4, -0.2) is 21.9 Å². The Morgan fingerprint density at radius 1 is 1.16 bits per heavy atom. The maximum atomic E-state index is 12.2. The summed E-state index contributed by atoms with van der Waals surface area (Å²) >= 11 is 10.5. The zero-order valence-electron chi connectivity index (χ0n) is 13.0. The number of halogens is 1. The number of benzene rings is 2. The molecule has 3 aromatic rings. The molecule has 4 nitrogen and oxygen atoms in total. The fourth-order valence-electron chi connectivity index (χ4n) is 1.97. The Bertz CT molecular complexity index is 825. The van der Waals surface area contributed by atoms with Crippen LogP contribution >= 0.6 is 46.5 Å². The predicted octanol–water partition coefficient (Wildman–Crippen LogP) is 5.46. The van der Waals surface area contributed by atoms with Crippen molar-refractivity contribution in [2.45, 2.75) is 20.6 Å². The number of carbonyl (C=O) groups is 1. The quantitative estimate of drug-likeness (QED) is 0.526. The maximum Gasteiger partial charge on any atom is 0.225 e. The smallest absolute Gasteiger partial charge is 0.225 e. The van der Waals surface area contributed by atoms with Gasteiger partial charge in [-0.15, -0.1) is 22.0 Å². The SMILES string of the molecule is O=C(CCSc1ccc(Cl)cc1)Nc1ccccc1Sc1nncs1. The topological polar surface area (TPSA) is 54.9 Å². The molecule has 0 aliphatic heterocycles. The molecule has 0 radical (unpaired) electrons. The van der Waals surface area contributed by atoms with Crippen LogP contribution in [0.2, 0.25) is 5.02 Å². The number of nitrogens with zero attached hydrogens (tertiary/aromatic N) is 2. The van der Waals surface area contributed by atoms with Gasteiger partial charge in [0.15, 0.2) is 4.34 Å². The first-order valence-electron chi connectivity index (χ1n) is 7.42. The van der Waals surface area contributed by atoms with Gasteiger partial charge in [-0.1, -0.05) is 46.8 Å². The van der Waals surface area contributed by atoms with Gasteiger partial charge >= 0.3 is 0 Å². The molecule has 0 saturated carbocycles. The van der Waals surface area contributed by atoms with Gasteiger partial charge < -0.3 is 5.32 Å². The van der Waals surface area contributed by atoms with E-state index in [1.165, 1.54) is 23.1 Å². The van der Waals surface area contributed by atoms with Crippen molar-refractivity contribution < 1.29 is 4.79 Å². The summed E-state index contributed by atoms with van der Waals surface area (Å²) in [6, 6.07) is 15.3. The van der Waals surface area contributed by atoms with Crippen molar-refractivity contribution in [3.05, 3.63) is 59.1 Å². The molecular formula is C17H14ClN3OS3. The number of amides is 1. The van der Waals surface area contributed by atoms with Crippen molar-refractivity contribution in [2.75, 3.05) is 11.1 Å². The molecule has 0 saturated heterocycles. The number of aromatic nitrogens is 2. The zero-order valence-corrected chi connectivity index (χ0v) is 16.2. The summed E-state index contributed by atoms with van der Waals surface area (Å²) in [6.07, 6.45) is 0.436. The molecule has 1 amide bonds. The number of hydrogen-bond acceptors (Lipinski definition) is 6. The lowest BCUT2D eigenvalue weighted by Gasteiger charge is -2.09. The highest BCUT2D eigenvalue weighted by atomic mass is 35.5. The Balaban J connectivity index is 1.53. The molecule has 0 fully saturated rings. The summed E-state index contributed by atoms with van der Waals surface area (Å²) in [4.78, 5) is 14.3. The van der Waals surface area contributed by atoms with Crippen molar-refractivity contribution in [3.8, 4) is 0 Å². The average Bonchev–Trinajstić information content (AvgIpc) is 3.11. The minimum absolute atomic E-state index is 0.00761. The molecule has 0 aliphatic carbocycles. The number of anilines is 1. The summed E-state index contributed by atoms with van der Waals surface area (Å²) < 4.78 is 0.847. The Hall–Kier alpha value is -1.54. The number of para-hydroxylation sites is 1. The lowest BCUT2D eigenvalue weighted by molar-refractivity contribution is -0.115. The predicted molar refractivity (Wildman–Crippen MR) is 106 cm³/mol. The second kappa shape index (κ2) is 9.24. The molecule has 1 N–H and O–H groups in total. The van der Waals surface area contributed by atoms with Gasteiger partial charge in [0.2, 0.25) is 5.91 Å². The van der Waals surface area contributed by atoms with E-state index in [1.807, 2.05) is 48.5 Å². The molecule has 3 rings (SSSR count). The number of hydrogen-bond donors (Lipinski definition) is 1. The average molecular weight is 408 g/mol. The van der Waals surface area contributed by atoms with Gasteiger partial charge in [-0.25, -0.2) is 0 Å². The summed E-state index contributed by atoms with van der Waals surface area (Å²) in [6.45, 7) is 0. The van der Waals surface area contributed by atoms with Crippen LogP contribution in [0.3, 0.4) is 0 Å². The number of nitrogens with one attached hydrogen (secondary N) is 1. The lowest BCUT2D eigenvalue weighted by Crippen LogP contribution is -2.12. The van der Waals surface area contributed by atoms with Crippen molar-refractivity contribution in [1.82, 2.24) is 10.2 Å². The zero-order chi connectivity index (χ0) is 17.5. The van der Waals surface area contributed by atoms with Crippen molar-refractivity contribution in [3.63, 3.8) is 0 Å². The van der Waals surface area contributed by atoms with Crippen LogP contribution in [0.25, 0.3) is 0 Å². The fraction of sp³-hybridized carbons (Fsp3) is 0.118. The van der Waals surface area contributed by atoms with E-state index in [9.17, 15) is 4.79 Å². The highest BCUT2D eigenvalue weighted by Gasteiger charge is 2.09. The summed E-state index contributed by atoms with van der Waals surface area (Å²) in [5, 5.41) is 11.6. The Morgan fingerprint density at radius 3 is 2.72 bits per heavy atom. The maximum absolute atomic E-state index is 12.2. The Labute approximate surface area is 163 Å². The molecule has 0 unspecified atom stereocenters. The van der Waals surface area contributed by atoms with E-state index in [0.717, 1.165) is 19.8 Å². The number of rotatable bonds is 7. The lowest BCUT2D eigenvalue weighted by atomic mass is 10.3. The van der Waals surface area contributed by atoms with Gasteiger partial charge in [0, 0.05) is 27.0 Å². The molecule has 0 aliphatic rings. The molecular weight excluding hydrogens is 394 g/mol. The molecule has 0 spiro atoms. The normalized spacial score (nSPS) is 10.6. The van der Waals surface area contributed by atoms with E-state index in [1.54, 1.807) is 17.3 Å². The van der Waals surface area contributed by atoms with E-state index in [2.05, 4.69) is 15.5 Å². The molecule has 1 heterocycles. The molecule has 1 aromatic heterocycles. The largest absolute Gasteiger partial charge is 0.325 e. The van der Waals surface area contributed by atoms with Crippen LogP contribution in [0.5, 0.6) is 0 Å². The standard InChI is InChI=1S/C17H14ClN3OS3/c18-12-5-7-13(8-6-12)23-10-9-16(22)20-14-3-1-2-4-15(14)25-17-21-19-11-24-17/h1-8,11H,9-10H2,(H,20,22). The molecule has 8 heteroatoms. The molecule has 128 valence electrons. The van der Waals surface area contributed by atoms with Crippen LogP contribution in [0, 0.1) is 0 Å². The van der Waals surface area contributed by atoms with Crippen LogP contribution in [0.1, 0.15) is 6.42 Å². The first kappa shape index (κ1) is 18.3. The van der Waals surface area contributed by atoms with Gasteiger partial charge in [0.1, 0.15) is 5.51 Å². The van der Waals surface area contributed by atoms with E-state index in [-0.39, 0.29) is 5.91 Å². The van der Waals surface area contributed by atoms with Gasteiger partial charge in [-0.3, -0.25) is 4.79 Å². The van der Waals surface area contributed by atoms with Gasteiger partial charge in [0.05, 0.1) is 5.69 Å². The van der Waals surface area contributed by atoms with Crippen LogP contribution in [0.4, 0.5) is 5.69 Å². The summed E-state index contributed by atoms with van der Waals surface area (Å²) in [7, 11) is 0. The Morgan fingerprint density at radius 2 is 1.96 bits per heavy atom. The van der Waals surface area contributed by atoms with E-state index in [0.29, 0.717) is 17.2 Å². The molecule has 2 aromatic carbocycles. The fourth-order valence-corrected chi connectivity index (χ4v) is 4.46. The highest BCUT2D eigenvalue weighted by Crippen LogP contribution is 2.34. The Kier molecular flexibility index (Phi) is 6.75. The third kappa shape index (κ3) is 5.74. The molecule has 0 atom stereocenters. The molecule has 25 heavy (non-hydrogen) atoms.